The van der Waals surface area contributed by atoms with Crippen LogP contribution in [-0.2, 0) is 16.0 Å². The van der Waals surface area contributed by atoms with Gasteiger partial charge >= 0.3 is 0 Å². The van der Waals surface area contributed by atoms with E-state index in [9.17, 15) is 4.79 Å². The fourth-order valence-corrected chi connectivity index (χ4v) is 3.20. The number of benzene rings is 1. The molecule has 1 heterocycles. The number of rotatable bonds is 11. The summed E-state index contributed by atoms with van der Waals surface area (Å²) in [5.41, 5.74) is 13.9. The van der Waals surface area contributed by atoms with E-state index in [1.165, 1.54) is 24.9 Å². The molecule has 0 amide bonds. The van der Waals surface area contributed by atoms with Crippen molar-refractivity contribution in [2.24, 2.45) is 16.5 Å². The Balaban J connectivity index is -0.000000682. The number of hydrogen-bond acceptors (Lipinski definition) is 7. The minimum absolute atomic E-state index is 0.0301. The zero-order valence-electron chi connectivity index (χ0n) is 26.6. The maximum atomic E-state index is 9.39. The minimum atomic E-state index is -0.298. The van der Waals surface area contributed by atoms with Crippen molar-refractivity contribution in [2.45, 2.75) is 52.7 Å². The third-order valence-corrected chi connectivity index (χ3v) is 5.68. The second-order valence-electron chi connectivity index (χ2n) is 9.21. The summed E-state index contributed by atoms with van der Waals surface area (Å²) in [6.07, 6.45) is 20.7. The van der Waals surface area contributed by atoms with Crippen molar-refractivity contribution in [3.8, 4) is 12.8 Å². The van der Waals surface area contributed by atoms with Crippen LogP contribution in [0, 0.1) is 12.8 Å². The smallest absolute Gasteiger partial charge is 0.293 e. The van der Waals surface area contributed by atoms with E-state index in [0.29, 0.717) is 11.5 Å². The summed E-state index contributed by atoms with van der Waals surface area (Å²) in [4.78, 5) is 17.9. The molecule has 42 heavy (non-hydrogen) atoms. The van der Waals surface area contributed by atoms with Gasteiger partial charge in [-0.05, 0) is 88.7 Å². The maximum Gasteiger partial charge on any atom is 0.293 e. The van der Waals surface area contributed by atoms with Crippen molar-refractivity contribution in [3.05, 3.63) is 78.1 Å². The van der Waals surface area contributed by atoms with Crippen LogP contribution in [0.5, 0.6) is 0 Å². The van der Waals surface area contributed by atoms with E-state index in [1.54, 1.807) is 26.4 Å². The maximum absolute atomic E-state index is 9.39. The number of nitrogens with one attached hydrogen (secondary N) is 1. The summed E-state index contributed by atoms with van der Waals surface area (Å²) in [6, 6.07) is 5.61. The van der Waals surface area contributed by atoms with Crippen LogP contribution in [0.25, 0.3) is 5.57 Å². The predicted molar refractivity (Wildman–Crippen MR) is 184 cm³/mol. The fourth-order valence-electron chi connectivity index (χ4n) is 3.03. The van der Waals surface area contributed by atoms with Gasteiger partial charge in [0.1, 0.15) is 0 Å². The van der Waals surface area contributed by atoms with Gasteiger partial charge < -0.3 is 31.3 Å². The molecule has 1 unspecified atom stereocenters. The van der Waals surface area contributed by atoms with E-state index in [4.69, 9.17) is 17.3 Å². The zero-order chi connectivity index (χ0) is 32.8. The van der Waals surface area contributed by atoms with Gasteiger partial charge in [-0.15, -0.1) is 12.8 Å². The normalized spacial score (nSPS) is 13.3. The van der Waals surface area contributed by atoms with E-state index in [0.717, 1.165) is 43.6 Å². The summed E-state index contributed by atoms with van der Waals surface area (Å²) >= 11 is 6.16. The number of likely N-dealkylation sites (N-methyl/N-ethyl adjacent to an activating group) is 1. The first-order chi connectivity index (χ1) is 20.1. The third kappa shape index (κ3) is 25.6. The average molecular weight is 603 g/mol. The number of carbonyl (C=O) groups is 1. The highest BCUT2D eigenvalue weighted by atomic mass is 35.5. The number of aryl methyl sites for hydroxylation is 1. The molecule has 9 heteroatoms. The molecule has 1 atom stereocenters. The Hall–Kier alpha value is -3.35. The molecule has 0 aliphatic carbocycles. The lowest BCUT2D eigenvalue weighted by Crippen LogP contribution is -2.40. The van der Waals surface area contributed by atoms with E-state index in [-0.39, 0.29) is 12.1 Å². The van der Waals surface area contributed by atoms with Crippen LogP contribution in [0.15, 0.2) is 67.0 Å². The first kappa shape index (κ1) is 43.1. The van der Waals surface area contributed by atoms with Crippen LogP contribution >= 0.6 is 11.6 Å². The molecule has 0 spiro atoms. The van der Waals surface area contributed by atoms with Crippen LogP contribution in [0.4, 0.5) is 0 Å². The van der Waals surface area contributed by atoms with E-state index >= 15 is 0 Å². The summed E-state index contributed by atoms with van der Waals surface area (Å²) in [5, 5.41) is 3.97. The van der Waals surface area contributed by atoms with Crippen molar-refractivity contribution in [1.82, 2.24) is 15.1 Å². The number of carbonyl (C=O) groups excluding carboxylic acids is 1. The van der Waals surface area contributed by atoms with E-state index in [2.05, 4.69) is 83.9 Å². The van der Waals surface area contributed by atoms with Gasteiger partial charge in [0.25, 0.3) is 6.47 Å². The standard InChI is InChI=1S/C20H28ClN3.C5H12N2.C4H8O2.C2H5N.C2H2/c1-5-7-8-9-17-10-11-18(21)14-19(17)16(3)20(22)12-13-23-15-24(4)6-2;1-7-4-2-6-3-5-7;1-4(2)6-3-5;1-2-3;1-2/h5,7,10-15,20H,3,6,8-9,22H2,1-2,4H3;6H,2-5H2,1H3;3-4H,1-2H3;2H,1,3H2;1-2H/b7-5-,13-12+,23-15?;;;;. The molecule has 1 aliphatic rings. The second-order valence-corrected chi connectivity index (χ2v) is 9.65. The second kappa shape index (κ2) is 30.6. The number of halogens is 1. The van der Waals surface area contributed by atoms with Crippen molar-refractivity contribution < 1.29 is 9.53 Å². The van der Waals surface area contributed by atoms with Crippen LogP contribution in [0.2, 0.25) is 5.02 Å². The Morgan fingerprint density at radius 2 is 1.90 bits per heavy atom. The number of nitrogens with zero attached hydrogens (tertiary/aromatic N) is 3. The lowest BCUT2D eigenvalue weighted by atomic mass is 9.93. The number of allylic oxidation sites excluding steroid dienone is 2. The largest absolute Gasteiger partial charge is 0.465 e. The molecular formula is C33H55ClN6O2. The lowest BCUT2D eigenvalue weighted by molar-refractivity contribution is -0.131. The molecule has 0 radical (unpaired) electrons. The molecule has 2 rings (SSSR count). The molecule has 5 N–H and O–H groups in total. The van der Waals surface area contributed by atoms with Gasteiger partial charge in [0, 0.05) is 57.0 Å². The number of terminal acetylenes is 1. The lowest BCUT2D eigenvalue weighted by Gasteiger charge is -2.21. The number of ether oxygens (including phenoxy) is 1. The van der Waals surface area contributed by atoms with Crippen LogP contribution in [0.1, 0.15) is 45.2 Å². The molecule has 1 saturated heterocycles. The number of nitrogens with two attached hydrogens (primary N) is 2. The summed E-state index contributed by atoms with van der Waals surface area (Å²) in [7, 11) is 4.13. The molecule has 0 aromatic heterocycles. The molecule has 236 valence electrons. The molecule has 1 aromatic rings. The molecular weight excluding hydrogens is 548 g/mol. The van der Waals surface area contributed by atoms with Crippen LogP contribution < -0.4 is 16.8 Å². The Labute approximate surface area is 261 Å². The number of aliphatic imine (C=N–C) groups is 1. The van der Waals surface area contributed by atoms with Gasteiger partial charge in [-0.25, -0.2) is 4.99 Å². The van der Waals surface area contributed by atoms with E-state index in [1.807, 2.05) is 37.1 Å². The fraction of sp³-hybridized carbons (Fsp3) is 0.455. The summed E-state index contributed by atoms with van der Waals surface area (Å²) < 4.78 is 4.36. The van der Waals surface area contributed by atoms with Gasteiger partial charge in [0.15, 0.2) is 0 Å². The first-order valence-electron chi connectivity index (χ1n) is 14.0. The summed E-state index contributed by atoms with van der Waals surface area (Å²) in [6.45, 7) is 21.1. The highest BCUT2D eigenvalue weighted by molar-refractivity contribution is 6.30. The molecule has 0 bridgehead atoms. The monoisotopic (exact) mass is 602 g/mol. The number of piperazine rings is 1. The highest BCUT2D eigenvalue weighted by Crippen LogP contribution is 2.25. The highest BCUT2D eigenvalue weighted by Gasteiger charge is 2.11. The molecule has 1 aliphatic heterocycles. The first-order valence-corrected chi connectivity index (χ1v) is 14.3. The topological polar surface area (TPSA) is 109 Å². The predicted octanol–water partition coefficient (Wildman–Crippen LogP) is 5.11. The van der Waals surface area contributed by atoms with Gasteiger partial charge in [-0.1, -0.05) is 43.0 Å². The summed E-state index contributed by atoms with van der Waals surface area (Å²) in [5.74, 6) is 0. The quantitative estimate of drug-likeness (QED) is 0.106. The van der Waals surface area contributed by atoms with Crippen LogP contribution in [0.3, 0.4) is 0 Å². The molecule has 1 aromatic carbocycles. The van der Waals surface area contributed by atoms with Gasteiger partial charge in [0.2, 0.25) is 0 Å². The Morgan fingerprint density at radius 3 is 2.33 bits per heavy atom. The van der Waals surface area contributed by atoms with E-state index < -0.39 is 0 Å². The Kier molecular flexibility index (Phi) is 31.4. The van der Waals surface area contributed by atoms with Crippen molar-refractivity contribution >= 4 is 30.0 Å². The van der Waals surface area contributed by atoms with Gasteiger partial charge in [-0.3, -0.25) is 4.79 Å². The average Bonchev–Trinajstić information content (AvgIpc) is 2.98. The zero-order valence-corrected chi connectivity index (χ0v) is 27.4. The number of hydrogen-bond donors (Lipinski definition) is 3. The molecule has 0 saturated carbocycles. The minimum Gasteiger partial charge on any atom is -0.465 e. The Morgan fingerprint density at radius 1 is 1.31 bits per heavy atom. The Bertz CT molecular complexity index is 938. The molecule has 8 nitrogen and oxygen atoms in total. The van der Waals surface area contributed by atoms with Crippen molar-refractivity contribution in [1.29, 1.82) is 0 Å². The van der Waals surface area contributed by atoms with Crippen molar-refractivity contribution in [3.63, 3.8) is 0 Å². The van der Waals surface area contributed by atoms with Crippen LogP contribution in [-0.4, -0.2) is 81.6 Å². The van der Waals surface area contributed by atoms with Gasteiger partial charge in [-0.2, -0.15) is 0 Å². The van der Waals surface area contributed by atoms with Gasteiger partial charge in [0.05, 0.1) is 12.4 Å². The van der Waals surface area contributed by atoms with Crippen molar-refractivity contribution in [2.75, 3.05) is 46.8 Å². The molecule has 1 fully saturated rings. The SMILES string of the molecule is C#C.C=C(c1cc(Cl)ccc1CC/C=C\C)C(N)/C=C/N=CN(C)CC.C=CN.CC(C)OC=O.CN1CCNCC1. The third-order valence-electron chi connectivity index (χ3n) is 5.45.